The minimum absolute atomic E-state index is 0.748. The lowest BCUT2D eigenvalue weighted by molar-refractivity contribution is 0.810. The Kier molecular flexibility index (Phi) is 4.77. The van der Waals surface area contributed by atoms with Crippen LogP contribution in [0.4, 0.5) is 5.82 Å². The summed E-state index contributed by atoms with van der Waals surface area (Å²) < 4.78 is 0. The lowest BCUT2D eigenvalue weighted by atomic mass is 10.2. The van der Waals surface area contributed by atoms with Crippen LogP contribution < -0.4 is 10.2 Å². The van der Waals surface area contributed by atoms with E-state index in [1.54, 1.807) is 0 Å². The van der Waals surface area contributed by atoms with Gasteiger partial charge in [-0.3, -0.25) is 0 Å². The molecule has 0 aliphatic carbocycles. The molecule has 2 aromatic rings. The van der Waals surface area contributed by atoms with E-state index in [9.17, 15) is 0 Å². The van der Waals surface area contributed by atoms with Crippen LogP contribution in [0.2, 0.25) is 5.02 Å². The molecule has 19 heavy (non-hydrogen) atoms. The molecule has 0 fully saturated rings. The van der Waals surface area contributed by atoms with Crippen LogP contribution in [0.5, 0.6) is 0 Å². The van der Waals surface area contributed by atoms with Gasteiger partial charge in [-0.25, -0.2) is 4.98 Å². The van der Waals surface area contributed by atoms with E-state index in [-0.39, 0.29) is 0 Å². The Morgan fingerprint density at radius 2 is 2.00 bits per heavy atom. The molecular weight excluding hydrogens is 258 g/mol. The minimum atomic E-state index is 0.748. The van der Waals surface area contributed by atoms with Gasteiger partial charge < -0.3 is 10.2 Å². The highest BCUT2D eigenvalue weighted by atomic mass is 35.5. The number of pyridine rings is 1. The molecule has 1 aromatic heterocycles. The Balaban J connectivity index is 2.07. The number of nitrogens with zero attached hydrogens (tertiary/aromatic N) is 2. The molecule has 1 N–H and O–H groups in total. The average Bonchev–Trinajstić information content (AvgIpc) is 2.42. The van der Waals surface area contributed by atoms with Crippen LogP contribution >= 0.6 is 11.6 Å². The highest BCUT2D eigenvalue weighted by Crippen LogP contribution is 2.19. The van der Waals surface area contributed by atoms with Crippen LogP contribution in [0.3, 0.4) is 0 Å². The molecule has 1 aromatic carbocycles. The van der Waals surface area contributed by atoms with Gasteiger partial charge in [0.05, 0.1) is 0 Å². The van der Waals surface area contributed by atoms with Crippen molar-refractivity contribution in [2.75, 3.05) is 19.0 Å². The zero-order valence-corrected chi connectivity index (χ0v) is 12.0. The summed E-state index contributed by atoms with van der Waals surface area (Å²) >= 11 is 6.17. The summed E-state index contributed by atoms with van der Waals surface area (Å²) in [6.07, 6.45) is 1.90. The minimum Gasteiger partial charge on any atom is -0.355 e. The fourth-order valence-electron chi connectivity index (χ4n) is 1.91. The van der Waals surface area contributed by atoms with Gasteiger partial charge in [0.2, 0.25) is 0 Å². The van der Waals surface area contributed by atoms with Crippen LogP contribution in [-0.4, -0.2) is 19.1 Å². The van der Waals surface area contributed by atoms with Gasteiger partial charge in [0, 0.05) is 31.4 Å². The van der Waals surface area contributed by atoms with Crippen molar-refractivity contribution in [3.63, 3.8) is 0 Å². The molecule has 0 radical (unpaired) electrons. The number of nitrogens with one attached hydrogen (secondary N) is 1. The maximum absolute atomic E-state index is 6.17. The normalized spacial score (nSPS) is 10.5. The molecule has 0 bridgehead atoms. The molecule has 0 aliphatic heterocycles. The highest BCUT2D eigenvalue weighted by molar-refractivity contribution is 6.31. The Morgan fingerprint density at radius 3 is 2.63 bits per heavy atom. The van der Waals surface area contributed by atoms with Gasteiger partial charge >= 0.3 is 0 Å². The molecule has 0 aliphatic rings. The lowest BCUT2D eigenvalue weighted by Crippen LogP contribution is -2.18. The number of anilines is 1. The summed E-state index contributed by atoms with van der Waals surface area (Å²) in [5.74, 6) is 0.944. The molecule has 0 atom stereocenters. The molecule has 0 saturated carbocycles. The van der Waals surface area contributed by atoms with Crippen LogP contribution in [0, 0.1) is 0 Å². The van der Waals surface area contributed by atoms with Crippen molar-refractivity contribution in [2.45, 2.75) is 13.1 Å². The van der Waals surface area contributed by atoms with Gasteiger partial charge in [-0.1, -0.05) is 35.9 Å². The Bertz CT molecular complexity index is 525. The Labute approximate surface area is 119 Å². The van der Waals surface area contributed by atoms with Crippen molar-refractivity contribution in [3.05, 3.63) is 58.7 Å². The second kappa shape index (κ2) is 6.55. The van der Waals surface area contributed by atoms with Crippen molar-refractivity contribution >= 4 is 17.4 Å². The maximum atomic E-state index is 6.17. The van der Waals surface area contributed by atoms with Crippen molar-refractivity contribution in [1.82, 2.24) is 10.3 Å². The van der Waals surface area contributed by atoms with Crippen molar-refractivity contribution in [3.8, 4) is 0 Å². The van der Waals surface area contributed by atoms with Gasteiger partial charge in [0.25, 0.3) is 0 Å². The van der Waals surface area contributed by atoms with E-state index in [4.69, 9.17) is 11.6 Å². The molecular formula is C15H18ClN3. The number of hydrogen-bond donors (Lipinski definition) is 1. The number of hydrogen-bond acceptors (Lipinski definition) is 3. The first kappa shape index (κ1) is 13.8. The third kappa shape index (κ3) is 3.69. The van der Waals surface area contributed by atoms with Crippen molar-refractivity contribution in [2.24, 2.45) is 0 Å². The molecule has 0 saturated heterocycles. The molecule has 0 spiro atoms. The predicted octanol–water partition coefficient (Wildman–Crippen LogP) is 3.09. The van der Waals surface area contributed by atoms with E-state index in [1.807, 2.05) is 50.6 Å². The molecule has 1 heterocycles. The van der Waals surface area contributed by atoms with Crippen LogP contribution in [0.1, 0.15) is 11.1 Å². The molecule has 4 heteroatoms. The summed E-state index contributed by atoms with van der Waals surface area (Å²) in [7, 11) is 3.95. The zero-order chi connectivity index (χ0) is 13.7. The van der Waals surface area contributed by atoms with Gasteiger partial charge in [-0.2, -0.15) is 0 Å². The van der Waals surface area contributed by atoms with Gasteiger partial charge in [0.1, 0.15) is 5.82 Å². The topological polar surface area (TPSA) is 28.2 Å². The van der Waals surface area contributed by atoms with E-state index in [1.165, 1.54) is 5.56 Å². The van der Waals surface area contributed by atoms with E-state index < -0.39 is 0 Å². The molecule has 0 amide bonds. The highest BCUT2D eigenvalue weighted by Gasteiger charge is 2.06. The lowest BCUT2D eigenvalue weighted by Gasteiger charge is -2.19. The van der Waals surface area contributed by atoms with E-state index >= 15 is 0 Å². The van der Waals surface area contributed by atoms with Gasteiger partial charge in [0.15, 0.2) is 0 Å². The summed E-state index contributed by atoms with van der Waals surface area (Å²) in [5.41, 5.74) is 2.28. The van der Waals surface area contributed by atoms with E-state index in [0.717, 1.165) is 29.5 Å². The van der Waals surface area contributed by atoms with Crippen molar-refractivity contribution < 1.29 is 0 Å². The first-order chi connectivity index (χ1) is 9.20. The summed E-state index contributed by atoms with van der Waals surface area (Å²) in [6, 6.07) is 12.0. The summed E-state index contributed by atoms with van der Waals surface area (Å²) in [6.45, 7) is 1.58. The van der Waals surface area contributed by atoms with Crippen LogP contribution in [0.15, 0.2) is 42.6 Å². The monoisotopic (exact) mass is 275 g/mol. The Hall–Kier alpha value is -1.58. The largest absolute Gasteiger partial charge is 0.355 e. The first-order valence-electron chi connectivity index (χ1n) is 6.25. The fourth-order valence-corrected chi connectivity index (χ4v) is 2.11. The summed E-state index contributed by atoms with van der Waals surface area (Å²) in [4.78, 5) is 6.55. The smallest absolute Gasteiger partial charge is 0.128 e. The van der Waals surface area contributed by atoms with Gasteiger partial charge in [-0.15, -0.1) is 0 Å². The van der Waals surface area contributed by atoms with Crippen LogP contribution in [-0.2, 0) is 13.1 Å². The number of aromatic nitrogens is 1. The molecule has 2 rings (SSSR count). The molecule has 3 nitrogen and oxygen atoms in total. The fraction of sp³-hybridized carbons (Fsp3) is 0.267. The van der Waals surface area contributed by atoms with Gasteiger partial charge in [-0.05, 0) is 30.3 Å². The Morgan fingerprint density at radius 1 is 1.21 bits per heavy atom. The molecule has 100 valence electrons. The first-order valence-corrected chi connectivity index (χ1v) is 6.62. The standard InChI is InChI=1S/C15H18ClN3/c1-17-9-12-7-8-15(18-10-12)19(2)11-13-5-3-4-6-14(13)16/h3-8,10,17H,9,11H2,1-2H3. The zero-order valence-electron chi connectivity index (χ0n) is 11.2. The second-order valence-corrected chi connectivity index (χ2v) is 4.91. The predicted molar refractivity (Wildman–Crippen MR) is 80.6 cm³/mol. The van der Waals surface area contributed by atoms with E-state index in [2.05, 4.69) is 21.3 Å². The maximum Gasteiger partial charge on any atom is 0.128 e. The third-order valence-corrected chi connectivity index (χ3v) is 3.32. The number of rotatable bonds is 5. The second-order valence-electron chi connectivity index (χ2n) is 4.50. The van der Waals surface area contributed by atoms with E-state index in [0.29, 0.717) is 0 Å². The average molecular weight is 276 g/mol. The quantitative estimate of drug-likeness (QED) is 0.909. The SMILES string of the molecule is CNCc1ccc(N(C)Cc2ccccc2Cl)nc1. The summed E-state index contributed by atoms with van der Waals surface area (Å²) in [5, 5.41) is 3.90. The van der Waals surface area contributed by atoms with Crippen LogP contribution in [0.25, 0.3) is 0 Å². The number of halogens is 1. The van der Waals surface area contributed by atoms with Crippen molar-refractivity contribution in [1.29, 1.82) is 0 Å². The molecule has 0 unspecified atom stereocenters. The third-order valence-electron chi connectivity index (χ3n) is 2.95. The number of benzene rings is 1.